The summed E-state index contributed by atoms with van der Waals surface area (Å²) in [6.07, 6.45) is 1.21. The van der Waals surface area contributed by atoms with Gasteiger partial charge in [-0.3, -0.25) is 9.69 Å². The molecule has 0 aliphatic carbocycles. The van der Waals surface area contributed by atoms with E-state index in [1.807, 2.05) is 24.0 Å². The average Bonchev–Trinajstić information content (AvgIpc) is 2.68. The molecule has 2 aliphatic heterocycles. The van der Waals surface area contributed by atoms with Gasteiger partial charge in [0.1, 0.15) is 0 Å². The van der Waals surface area contributed by atoms with E-state index in [2.05, 4.69) is 18.7 Å². The Morgan fingerprint density at radius 2 is 1.57 bits per heavy atom. The zero-order valence-corrected chi connectivity index (χ0v) is 18.1. The minimum Gasteiger partial charge on any atom is -0.340 e. The Morgan fingerprint density at radius 3 is 2.11 bits per heavy atom. The number of hydrogen-bond acceptors (Lipinski definition) is 4. The van der Waals surface area contributed by atoms with Crippen molar-refractivity contribution >= 4 is 15.9 Å². The maximum Gasteiger partial charge on any atom is 0.243 e. The van der Waals surface area contributed by atoms with Crippen LogP contribution in [0.2, 0.25) is 0 Å². The van der Waals surface area contributed by atoms with Crippen molar-refractivity contribution in [2.24, 2.45) is 11.8 Å². The van der Waals surface area contributed by atoms with Crippen LogP contribution in [0.4, 0.5) is 0 Å². The Morgan fingerprint density at radius 1 is 1.00 bits per heavy atom. The normalized spacial score (nSPS) is 20.6. The van der Waals surface area contributed by atoms with Crippen LogP contribution in [-0.4, -0.2) is 74.2 Å². The second-order valence-corrected chi connectivity index (χ2v) is 10.4. The highest BCUT2D eigenvalue weighted by molar-refractivity contribution is 7.89. The molecule has 28 heavy (non-hydrogen) atoms. The largest absolute Gasteiger partial charge is 0.340 e. The van der Waals surface area contributed by atoms with Gasteiger partial charge in [0.15, 0.2) is 0 Å². The molecule has 1 aromatic rings. The van der Waals surface area contributed by atoms with Gasteiger partial charge in [0.05, 0.1) is 4.90 Å². The highest BCUT2D eigenvalue weighted by atomic mass is 32.2. The molecule has 2 heterocycles. The van der Waals surface area contributed by atoms with E-state index in [1.165, 1.54) is 4.31 Å². The molecule has 0 N–H and O–H groups in total. The Bertz CT molecular complexity index is 761. The van der Waals surface area contributed by atoms with Gasteiger partial charge in [-0.2, -0.15) is 4.31 Å². The fraction of sp³-hybridized carbons (Fsp3) is 0.667. The number of piperidine rings is 1. The number of amides is 1. The lowest BCUT2D eigenvalue weighted by Gasteiger charge is -2.38. The summed E-state index contributed by atoms with van der Waals surface area (Å²) in [6.45, 7) is 11.7. The van der Waals surface area contributed by atoms with E-state index in [9.17, 15) is 13.2 Å². The summed E-state index contributed by atoms with van der Waals surface area (Å²) in [5.74, 6) is 0.791. The number of sulfonamides is 1. The van der Waals surface area contributed by atoms with Crippen LogP contribution >= 0.6 is 0 Å². The predicted octanol–water partition coefficient (Wildman–Crippen LogP) is 2.20. The van der Waals surface area contributed by atoms with Crippen LogP contribution in [0.15, 0.2) is 29.2 Å². The van der Waals surface area contributed by atoms with Gasteiger partial charge in [-0.05, 0) is 37.8 Å². The molecule has 0 spiro atoms. The third-order valence-corrected chi connectivity index (χ3v) is 7.68. The summed E-state index contributed by atoms with van der Waals surface area (Å²) in [4.78, 5) is 17.6. The fourth-order valence-electron chi connectivity index (χ4n) is 4.13. The molecular formula is C21H33N3O3S. The number of carbonyl (C=O) groups excluding carboxylic acids is 1. The summed E-state index contributed by atoms with van der Waals surface area (Å²) in [5, 5.41) is 0. The van der Waals surface area contributed by atoms with Gasteiger partial charge in [-0.25, -0.2) is 8.42 Å². The Kier molecular flexibility index (Phi) is 6.78. The Balaban J connectivity index is 1.52. The lowest BCUT2D eigenvalue weighted by molar-refractivity contribution is -0.138. The molecule has 2 aliphatic rings. The molecule has 2 saturated heterocycles. The van der Waals surface area contributed by atoms with Crippen molar-refractivity contribution < 1.29 is 13.2 Å². The van der Waals surface area contributed by atoms with Crippen molar-refractivity contribution in [3.8, 4) is 0 Å². The van der Waals surface area contributed by atoms with Crippen LogP contribution < -0.4 is 0 Å². The smallest absolute Gasteiger partial charge is 0.243 e. The van der Waals surface area contributed by atoms with E-state index in [0.29, 0.717) is 36.7 Å². The molecule has 0 aromatic heterocycles. The monoisotopic (exact) mass is 407 g/mol. The lowest BCUT2D eigenvalue weighted by Crippen LogP contribution is -2.52. The molecule has 0 radical (unpaired) electrons. The zero-order chi connectivity index (χ0) is 20.3. The van der Waals surface area contributed by atoms with E-state index >= 15 is 0 Å². The fourth-order valence-corrected chi connectivity index (χ4v) is 5.60. The van der Waals surface area contributed by atoms with Crippen LogP contribution in [0.5, 0.6) is 0 Å². The lowest BCUT2D eigenvalue weighted by atomic mass is 9.96. The molecule has 7 heteroatoms. The number of carbonyl (C=O) groups is 1. The first-order valence-corrected chi connectivity index (χ1v) is 11.8. The molecule has 6 nitrogen and oxygen atoms in total. The Hall–Kier alpha value is -1.44. The summed E-state index contributed by atoms with van der Waals surface area (Å²) in [6, 6.07) is 6.97. The number of aryl methyl sites for hydroxylation is 1. The summed E-state index contributed by atoms with van der Waals surface area (Å²) in [7, 11) is -3.47. The standard InChI is InChI=1S/C21H33N3O3S/c1-17(2)16-22-12-14-23(15-13-22)21(25)19-8-10-24(11-9-19)28(26,27)20-6-4-18(3)5-7-20/h4-7,17,19H,8-16H2,1-3H3. The van der Waals surface area contributed by atoms with E-state index in [4.69, 9.17) is 0 Å². The highest BCUT2D eigenvalue weighted by Gasteiger charge is 2.34. The van der Waals surface area contributed by atoms with Crippen LogP contribution in [-0.2, 0) is 14.8 Å². The second kappa shape index (κ2) is 8.93. The van der Waals surface area contributed by atoms with Crippen LogP contribution in [0.1, 0.15) is 32.3 Å². The average molecular weight is 408 g/mol. The maximum absolute atomic E-state index is 12.9. The van der Waals surface area contributed by atoms with Gasteiger partial charge in [-0.15, -0.1) is 0 Å². The van der Waals surface area contributed by atoms with Crippen LogP contribution in [0, 0.1) is 18.8 Å². The van der Waals surface area contributed by atoms with Gasteiger partial charge in [0, 0.05) is 51.7 Å². The first kappa shape index (κ1) is 21.3. The molecular weight excluding hydrogens is 374 g/mol. The van der Waals surface area contributed by atoms with Gasteiger partial charge < -0.3 is 4.90 Å². The van der Waals surface area contributed by atoms with E-state index in [0.717, 1.165) is 38.3 Å². The number of nitrogens with zero attached hydrogens (tertiary/aromatic N) is 3. The summed E-state index contributed by atoms with van der Waals surface area (Å²) < 4.78 is 27.2. The highest BCUT2D eigenvalue weighted by Crippen LogP contribution is 2.25. The molecule has 0 atom stereocenters. The zero-order valence-electron chi connectivity index (χ0n) is 17.3. The molecule has 3 rings (SSSR count). The van der Waals surface area contributed by atoms with Crippen molar-refractivity contribution in [3.63, 3.8) is 0 Å². The Labute approximate surface area is 169 Å². The minimum atomic E-state index is -3.47. The first-order valence-electron chi connectivity index (χ1n) is 10.4. The minimum absolute atomic E-state index is 0.0545. The van der Waals surface area contributed by atoms with E-state index in [-0.39, 0.29) is 11.8 Å². The second-order valence-electron chi connectivity index (χ2n) is 8.51. The molecule has 1 amide bonds. The number of benzene rings is 1. The van der Waals surface area contributed by atoms with E-state index < -0.39 is 10.0 Å². The molecule has 2 fully saturated rings. The number of piperazine rings is 1. The molecule has 156 valence electrons. The predicted molar refractivity (Wildman–Crippen MR) is 111 cm³/mol. The number of rotatable bonds is 5. The quantitative estimate of drug-likeness (QED) is 0.751. The molecule has 0 unspecified atom stereocenters. The van der Waals surface area contributed by atoms with Gasteiger partial charge in [0.2, 0.25) is 15.9 Å². The first-order chi connectivity index (χ1) is 13.3. The van der Waals surface area contributed by atoms with Gasteiger partial charge >= 0.3 is 0 Å². The van der Waals surface area contributed by atoms with Crippen molar-refractivity contribution in [3.05, 3.63) is 29.8 Å². The molecule has 1 aromatic carbocycles. The molecule has 0 bridgehead atoms. The third kappa shape index (κ3) is 4.93. The van der Waals surface area contributed by atoms with Gasteiger partial charge in [-0.1, -0.05) is 31.5 Å². The number of hydrogen-bond donors (Lipinski definition) is 0. The molecule has 0 saturated carbocycles. The summed E-state index contributed by atoms with van der Waals surface area (Å²) >= 11 is 0. The summed E-state index contributed by atoms with van der Waals surface area (Å²) in [5.41, 5.74) is 1.04. The maximum atomic E-state index is 12.9. The SMILES string of the molecule is Cc1ccc(S(=O)(=O)N2CCC(C(=O)N3CCN(CC(C)C)CC3)CC2)cc1. The van der Waals surface area contributed by atoms with Crippen molar-refractivity contribution in [2.45, 2.75) is 38.5 Å². The topological polar surface area (TPSA) is 60.9 Å². The van der Waals surface area contributed by atoms with Crippen LogP contribution in [0.25, 0.3) is 0 Å². The van der Waals surface area contributed by atoms with E-state index in [1.54, 1.807) is 12.1 Å². The van der Waals surface area contributed by atoms with Crippen molar-refractivity contribution in [2.75, 3.05) is 45.8 Å². The van der Waals surface area contributed by atoms with Crippen LogP contribution in [0.3, 0.4) is 0 Å². The third-order valence-electron chi connectivity index (χ3n) is 5.77. The van der Waals surface area contributed by atoms with Crippen molar-refractivity contribution in [1.82, 2.24) is 14.1 Å². The van der Waals surface area contributed by atoms with Gasteiger partial charge in [0.25, 0.3) is 0 Å². The van der Waals surface area contributed by atoms with Crippen molar-refractivity contribution in [1.29, 1.82) is 0 Å².